The lowest BCUT2D eigenvalue weighted by Gasteiger charge is -2.14. The molecular weight excluding hydrogens is 316 g/mol. The van der Waals surface area contributed by atoms with Gasteiger partial charge in [0.15, 0.2) is 23.1 Å². The zero-order valence-electron chi connectivity index (χ0n) is 13.6. The number of amides is 1. The topological polar surface area (TPSA) is 61.6 Å². The van der Waals surface area contributed by atoms with E-state index in [2.05, 4.69) is 0 Å². The van der Waals surface area contributed by atoms with Gasteiger partial charge in [-0.05, 0) is 42.7 Å². The van der Waals surface area contributed by atoms with E-state index < -0.39 is 17.5 Å². The van der Waals surface area contributed by atoms with Crippen LogP contribution in [0.2, 0.25) is 0 Å². The number of rotatable bonds is 7. The highest BCUT2D eigenvalue weighted by atomic mass is 19.1. The molecular formula is C18H19F2NO3. The van der Waals surface area contributed by atoms with Crippen LogP contribution in [0.15, 0.2) is 30.3 Å². The van der Waals surface area contributed by atoms with Crippen molar-refractivity contribution in [1.29, 1.82) is 0 Å². The lowest BCUT2D eigenvalue weighted by molar-refractivity contribution is 0.1000. The third kappa shape index (κ3) is 4.01. The van der Waals surface area contributed by atoms with Gasteiger partial charge in [0, 0.05) is 11.6 Å². The zero-order chi connectivity index (χ0) is 17.7. The fourth-order valence-electron chi connectivity index (χ4n) is 2.11. The van der Waals surface area contributed by atoms with Gasteiger partial charge in [0.05, 0.1) is 6.61 Å². The molecule has 128 valence electrons. The normalized spacial score (nSPS) is 10.5. The van der Waals surface area contributed by atoms with Gasteiger partial charge in [0.1, 0.15) is 5.82 Å². The SMILES string of the molecule is CCCOc1cc(CC)c(F)cc1Oc1ccc(C(N)=O)cc1F. The van der Waals surface area contributed by atoms with Crippen molar-refractivity contribution in [3.8, 4) is 17.2 Å². The minimum absolute atomic E-state index is 0.0230. The highest BCUT2D eigenvalue weighted by Crippen LogP contribution is 2.35. The van der Waals surface area contributed by atoms with E-state index in [-0.39, 0.29) is 17.1 Å². The molecule has 0 spiro atoms. The van der Waals surface area contributed by atoms with Crippen molar-refractivity contribution >= 4 is 5.91 Å². The molecule has 4 nitrogen and oxygen atoms in total. The summed E-state index contributed by atoms with van der Waals surface area (Å²) in [5.41, 5.74) is 5.61. The maximum atomic E-state index is 14.1. The number of hydrogen-bond acceptors (Lipinski definition) is 3. The van der Waals surface area contributed by atoms with Gasteiger partial charge in [0.25, 0.3) is 0 Å². The average Bonchev–Trinajstić information content (AvgIpc) is 2.55. The zero-order valence-corrected chi connectivity index (χ0v) is 13.6. The summed E-state index contributed by atoms with van der Waals surface area (Å²) in [6, 6.07) is 6.30. The Morgan fingerprint density at radius 1 is 1.04 bits per heavy atom. The van der Waals surface area contributed by atoms with Crippen molar-refractivity contribution in [2.24, 2.45) is 5.73 Å². The minimum atomic E-state index is -0.771. The monoisotopic (exact) mass is 335 g/mol. The molecule has 2 rings (SSSR count). The maximum absolute atomic E-state index is 14.1. The number of ether oxygens (including phenoxy) is 2. The fraction of sp³-hybridized carbons (Fsp3) is 0.278. The summed E-state index contributed by atoms with van der Waals surface area (Å²) in [6.07, 6.45) is 1.26. The van der Waals surface area contributed by atoms with E-state index in [1.807, 2.05) is 13.8 Å². The van der Waals surface area contributed by atoms with Gasteiger partial charge in [-0.15, -0.1) is 0 Å². The van der Waals surface area contributed by atoms with Crippen molar-refractivity contribution in [3.05, 3.63) is 53.1 Å². The first-order valence-corrected chi connectivity index (χ1v) is 7.68. The second kappa shape index (κ2) is 7.77. The van der Waals surface area contributed by atoms with E-state index in [1.165, 1.54) is 18.2 Å². The molecule has 0 saturated carbocycles. The molecule has 0 unspecified atom stereocenters. The molecule has 0 bridgehead atoms. The quantitative estimate of drug-likeness (QED) is 0.824. The Balaban J connectivity index is 2.37. The van der Waals surface area contributed by atoms with Crippen molar-refractivity contribution in [2.45, 2.75) is 26.7 Å². The van der Waals surface area contributed by atoms with Crippen LogP contribution in [-0.4, -0.2) is 12.5 Å². The van der Waals surface area contributed by atoms with Crippen molar-refractivity contribution in [2.75, 3.05) is 6.61 Å². The first kappa shape index (κ1) is 17.7. The number of aryl methyl sites for hydroxylation is 1. The number of halogens is 2. The van der Waals surface area contributed by atoms with Crippen molar-refractivity contribution in [1.82, 2.24) is 0 Å². The van der Waals surface area contributed by atoms with Crippen LogP contribution < -0.4 is 15.2 Å². The molecule has 2 aromatic carbocycles. The van der Waals surface area contributed by atoms with Gasteiger partial charge in [-0.3, -0.25) is 4.79 Å². The summed E-state index contributed by atoms with van der Waals surface area (Å²) in [7, 11) is 0. The average molecular weight is 335 g/mol. The molecule has 1 amide bonds. The molecule has 0 aliphatic carbocycles. The van der Waals surface area contributed by atoms with Gasteiger partial charge in [-0.1, -0.05) is 13.8 Å². The summed E-state index contributed by atoms with van der Waals surface area (Å²) < 4.78 is 39.1. The lowest BCUT2D eigenvalue weighted by Crippen LogP contribution is -2.11. The molecule has 0 radical (unpaired) electrons. The van der Waals surface area contributed by atoms with Gasteiger partial charge >= 0.3 is 0 Å². The van der Waals surface area contributed by atoms with Gasteiger partial charge in [0.2, 0.25) is 5.91 Å². The summed E-state index contributed by atoms with van der Waals surface area (Å²) >= 11 is 0. The second-order valence-corrected chi connectivity index (χ2v) is 5.20. The lowest BCUT2D eigenvalue weighted by atomic mass is 10.1. The molecule has 24 heavy (non-hydrogen) atoms. The smallest absolute Gasteiger partial charge is 0.248 e. The number of carbonyl (C=O) groups excluding carboxylic acids is 1. The number of primary amides is 1. The van der Waals surface area contributed by atoms with Crippen LogP contribution in [0.5, 0.6) is 17.2 Å². The van der Waals surface area contributed by atoms with E-state index in [4.69, 9.17) is 15.2 Å². The van der Waals surface area contributed by atoms with Crippen LogP contribution in [-0.2, 0) is 6.42 Å². The second-order valence-electron chi connectivity index (χ2n) is 5.20. The first-order valence-electron chi connectivity index (χ1n) is 7.68. The largest absolute Gasteiger partial charge is 0.490 e. The van der Waals surface area contributed by atoms with E-state index in [0.29, 0.717) is 24.3 Å². The van der Waals surface area contributed by atoms with Crippen molar-refractivity contribution in [3.63, 3.8) is 0 Å². The standard InChI is InChI=1S/C18H19F2NO3/c1-3-7-23-16-9-11(4-2)13(19)10-17(16)24-15-6-5-12(18(21)22)8-14(15)20/h5-6,8-10H,3-4,7H2,1-2H3,(H2,21,22). The third-order valence-corrected chi connectivity index (χ3v) is 3.39. The molecule has 0 heterocycles. The summed E-state index contributed by atoms with van der Waals surface area (Å²) in [6.45, 7) is 4.19. The number of benzene rings is 2. The Bertz CT molecular complexity index is 747. The predicted molar refractivity (Wildman–Crippen MR) is 86.6 cm³/mol. The number of carbonyl (C=O) groups is 1. The van der Waals surface area contributed by atoms with Crippen LogP contribution in [0.4, 0.5) is 8.78 Å². The van der Waals surface area contributed by atoms with Gasteiger partial charge in [-0.25, -0.2) is 8.78 Å². The summed E-state index contributed by atoms with van der Waals surface area (Å²) in [4.78, 5) is 11.1. The molecule has 0 saturated heterocycles. The van der Waals surface area contributed by atoms with Crippen LogP contribution in [0.25, 0.3) is 0 Å². The third-order valence-electron chi connectivity index (χ3n) is 3.39. The molecule has 6 heteroatoms. The number of hydrogen-bond donors (Lipinski definition) is 1. The highest BCUT2D eigenvalue weighted by molar-refractivity contribution is 5.92. The van der Waals surface area contributed by atoms with E-state index in [1.54, 1.807) is 6.07 Å². The van der Waals surface area contributed by atoms with Crippen LogP contribution >= 0.6 is 0 Å². The Labute approximate surface area is 139 Å². The molecule has 0 aromatic heterocycles. The molecule has 2 N–H and O–H groups in total. The van der Waals surface area contributed by atoms with Gasteiger partial charge in [-0.2, -0.15) is 0 Å². The Kier molecular flexibility index (Phi) is 5.73. The number of nitrogens with two attached hydrogens (primary N) is 1. The van der Waals surface area contributed by atoms with Crippen LogP contribution in [0, 0.1) is 11.6 Å². The van der Waals surface area contributed by atoms with Crippen molar-refractivity contribution < 1.29 is 23.0 Å². The minimum Gasteiger partial charge on any atom is -0.490 e. The Morgan fingerprint density at radius 2 is 1.79 bits per heavy atom. The van der Waals surface area contributed by atoms with E-state index >= 15 is 0 Å². The summed E-state index contributed by atoms with van der Waals surface area (Å²) in [5, 5.41) is 0. The first-order chi connectivity index (χ1) is 11.5. The Hall–Kier alpha value is -2.63. The molecule has 0 atom stereocenters. The van der Waals surface area contributed by atoms with Gasteiger partial charge < -0.3 is 15.2 Å². The van der Waals surface area contributed by atoms with E-state index in [9.17, 15) is 13.6 Å². The maximum Gasteiger partial charge on any atom is 0.248 e. The molecule has 0 fully saturated rings. The summed E-state index contributed by atoms with van der Waals surface area (Å²) in [5.74, 6) is -1.70. The highest BCUT2D eigenvalue weighted by Gasteiger charge is 2.15. The van der Waals surface area contributed by atoms with Crippen LogP contribution in [0.1, 0.15) is 36.2 Å². The van der Waals surface area contributed by atoms with E-state index in [0.717, 1.165) is 12.5 Å². The molecule has 2 aromatic rings. The Morgan fingerprint density at radius 3 is 2.38 bits per heavy atom. The fourth-order valence-corrected chi connectivity index (χ4v) is 2.11. The predicted octanol–water partition coefficient (Wildman–Crippen LogP) is 4.21. The molecule has 0 aliphatic rings. The molecule has 0 aliphatic heterocycles. The van der Waals surface area contributed by atoms with Crippen LogP contribution in [0.3, 0.4) is 0 Å².